The molecule has 5 atom stereocenters. The normalized spacial score (nSPS) is 28.8. The molecule has 33 heavy (non-hydrogen) atoms. The smallest absolute Gasteiger partial charge is 0.203 e. The minimum absolute atomic E-state index is 0.0283. The summed E-state index contributed by atoms with van der Waals surface area (Å²) in [5.74, 6) is -1.53. The van der Waals surface area contributed by atoms with Crippen LogP contribution >= 0.6 is 11.6 Å². The van der Waals surface area contributed by atoms with E-state index in [1.165, 1.54) is 25.6 Å². The van der Waals surface area contributed by atoms with Crippen molar-refractivity contribution >= 4 is 22.6 Å². The zero-order valence-electron chi connectivity index (χ0n) is 18.5. The molecule has 9 nitrogen and oxygen atoms in total. The summed E-state index contributed by atoms with van der Waals surface area (Å²) in [4.78, 5) is 12.2. The molecule has 2 fully saturated rings. The summed E-state index contributed by atoms with van der Waals surface area (Å²) in [6, 6.07) is 6.01. The first kappa shape index (κ1) is 22.3. The fourth-order valence-electron chi connectivity index (χ4n) is 4.60. The van der Waals surface area contributed by atoms with Crippen LogP contribution in [0.2, 0.25) is 5.02 Å². The molecule has 2 aliphatic heterocycles. The largest absolute Gasteiger partial charge is 0.397 e. The summed E-state index contributed by atoms with van der Waals surface area (Å²) in [7, 11) is 1.45. The van der Waals surface area contributed by atoms with Gasteiger partial charge in [0.15, 0.2) is 12.0 Å². The van der Waals surface area contributed by atoms with Gasteiger partial charge in [-0.15, -0.1) is 0 Å². The number of hydrogen-bond donors (Lipinski definition) is 2. The number of aromatic amines is 1. The Morgan fingerprint density at radius 2 is 2.06 bits per heavy atom. The van der Waals surface area contributed by atoms with Gasteiger partial charge in [-0.2, -0.15) is 0 Å². The van der Waals surface area contributed by atoms with Crippen molar-refractivity contribution in [1.29, 1.82) is 0 Å². The van der Waals surface area contributed by atoms with Crippen LogP contribution in [0, 0.1) is 5.82 Å². The van der Waals surface area contributed by atoms with E-state index in [0.29, 0.717) is 22.1 Å². The first-order chi connectivity index (χ1) is 15.6. The van der Waals surface area contributed by atoms with Gasteiger partial charge in [-0.3, -0.25) is 0 Å². The molecule has 5 rings (SSSR count). The lowest BCUT2D eigenvalue weighted by Crippen LogP contribution is -2.45. The third kappa shape index (κ3) is 3.62. The number of halogens is 2. The standard InChI is InChI=1S/C22H24ClFN4O5/c1-21(2)32-15-16(33-21)20(28-8-7-12-18(27-30-4)25-10-26-19(12)28)31-17(15)22(3,29)11-5-6-13(23)14(24)9-11/h5-10,15-17,20,29H,1-4H3,(H,25,26,27)/t15-,16+,17-,20+,22+/m0/s1. The highest BCUT2D eigenvalue weighted by atomic mass is 35.5. The lowest BCUT2D eigenvalue weighted by Gasteiger charge is -2.34. The third-order valence-electron chi connectivity index (χ3n) is 6.08. The van der Waals surface area contributed by atoms with Crippen molar-refractivity contribution in [3.8, 4) is 0 Å². The monoisotopic (exact) mass is 478 g/mol. The highest BCUT2D eigenvalue weighted by Crippen LogP contribution is 2.48. The van der Waals surface area contributed by atoms with E-state index in [1.54, 1.807) is 26.8 Å². The van der Waals surface area contributed by atoms with E-state index in [2.05, 4.69) is 15.1 Å². The van der Waals surface area contributed by atoms with E-state index in [1.807, 2.05) is 16.8 Å². The van der Waals surface area contributed by atoms with Crippen LogP contribution in [0.5, 0.6) is 0 Å². The fourth-order valence-corrected chi connectivity index (χ4v) is 4.72. The molecule has 0 bridgehead atoms. The van der Waals surface area contributed by atoms with Crippen LogP contribution in [-0.2, 0) is 24.6 Å². The molecular weight excluding hydrogens is 455 g/mol. The maximum Gasteiger partial charge on any atom is 0.203 e. The number of benzene rings is 1. The van der Waals surface area contributed by atoms with Crippen molar-refractivity contribution in [2.45, 2.75) is 56.7 Å². The summed E-state index contributed by atoms with van der Waals surface area (Å²) in [6.45, 7) is 5.17. The minimum Gasteiger partial charge on any atom is -0.397 e. The van der Waals surface area contributed by atoms with Crippen LogP contribution in [0.4, 0.5) is 4.39 Å². The summed E-state index contributed by atoms with van der Waals surface area (Å²) < 4.78 is 34.7. The van der Waals surface area contributed by atoms with Gasteiger partial charge in [0.2, 0.25) is 5.49 Å². The number of nitrogens with zero attached hydrogens (tertiary/aromatic N) is 3. The molecule has 176 valence electrons. The van der Waals surface area contributed by atoms with E-state index in [4.69, 9.17) is 30.6 Å². The Morgan fingerprint density at radius 3 is 2.79 bits per heavy atom. The summed E-state index contributed by atoms with van der Waals surface area (Å²) in [6.07, 6.45) is 0.625. The van der Waals surface area contributed by atoms with E-state index in [0.717, 1.165) is 0 Å². The maximum atomic E-state index is 14.2. The van der Waals surface area contributed by atoms with Gasteiger partial charge >= 0.3 is 0 Å². The van der Waals surface area contributed by atoms with Crippen LogP contribution in [-0.4, -0.2) is 50.9 Å². The molecule has 2 aliphatic rings. The molecule has 0 saturated carbocycles. The predicted octanol–water partition coefficient (Wildman–Crippen LogP) is 2.94. The molecule has 0 amide bonds. The summed E-state index contributed by atoms with van der Waals surface area (Å²) in [5.41, 5.74) is -0.201. The van der Waals surface area contributed by atoms with Crippen LogP contribution < -0.4 is 5.49 Å². The second-order valence-electron chi connectivity index (χ2n) is 8.77. The van der Waals surface area contributed by atoms with Crippen molar-refractivity contribution in [3.05, 3.63) is 58.7 Å². The zero-order valence-corrected chi connectivity index (χ0v) is 19.2. The number of H-pyrrole nitrogens is 1. The molecular formula is C22H24ClFN4O5. The highest BCUT2D eigenvalue weighted by Gasteiger charge is 2.60. The molecule has 2 aromatic heterocycles. The van der Waals surface area contributed by atoms with E-state index >= 15 is 0 Å². The Balaban J connectivity index is 1.58. The van der Waals surface area contributed by atoms with E-state index < -0.39 is 41.7 Å². The zero-order chi connectivity index (χ0) is 23.5. The molecule has 0 spiro atoms. The molecule has 4 heterocycles. The molecule has 0 unspecified atom stereocenters. The number of aromatic nitrogens is 3. The molecule has 0 aliphatic carbocycles. The fraction of sp³-hybridized carbons (Fsp3) is 0.455. The molecule has 11 heteroatoms. The predicted molar refractivity (Wildman–Crippen MR) is 115 cm³/mol. The molecule has 2 N–H and O–H groups in total. The highest BCUT2D eigenvalue weighted by molar-refractivity contribution is 6.30. The van der Waals surface area contributed by atoms with Crippen LogP contribution in [0.25, 0.3) is 11.0 Å². The molecule has 2 saturated heterocycles. The SMILES string of the molecule is CON=c1nc[nH]c2c1ccn2[C@@H]1O[C@H]([C@](C)(O)c2ccc(Cl)c(F)c2)[C@H]2OC(C)(C)O[C@H]21. The Bertz CT molecular complexity index is 1270. The quantitative estimate of drug-likeness (QED) is 0.559. The van der Waals surface area contributed by atoms with Crippen molar-refractivity contribution < 1.29 is 28.5 Å². The summed E-state index contributed by atoms with van der Waals surface area (Å²) in [5, 5.41) is 16.2. The number of ether oxygens (including phenoxy) is 3. The maximum absolute atomic E-state index is 14.2. The number of nitrogens with one attached hydrogen (secondary N) is 1. The van der Waals surface area contributed by atoms with Crippen molar-refractivity contribution in [1.82, 2.24) is 14.5 Å². The lowest BCUT2D eigenvalue weighted by atomic mass is 9.86. The Morgan fingerprint density at radius 1 is 1.30 bits per heavy atom. The van der Waals surface area contributed by atoms with Gasteiger partial charge in [0.25, 0.3) is 0 Å². The van der Waals surface area contributed by atoms with Crippen molar-refractivity contribution in [2.75, 3.05) is 7.11 Å². The van der Waals surface area contributed by atoms with E-state index in [9.17, 15) is 9.50 Å². The minimum atomic E-state index is -1.60. The average Bonchev–Trinajstić information content (AvgIpc) is 3.41. The number of hydrogen-bond acceptors (Lipinski definition) is 7. The van der Waals surface area contributed by atoms with E-state index in [-0.39, 0.29) is 5.02 Å². The van der Waals surface area contributed by atoms with Gasteiger partial charge in [-0.05, 0) is 44.5 Å². The van der Waals surface area contributed by atoms with Gasteiger partial charge in [-0.25, -0.2) is 9.37 Å². The number of aliphatic hydroxyl groups is 1. The molecule has 0 radical (unpaired) electrons. The van der Waals surface area contributed by atoms with Crippen molar-refractivity contribution in [2.24, 2.45) is 5.16 Å². The van der Waals surface area contributed by atoms with Gasteiger partial charge in [0, 0.05) is 6.20 Å². The summed E-state index contributed by atoms with van der Waals surface area (Å²) >= 11 is 5.84. The number of fused-ring (bicyclic) bond motifs is 2. The van der Waals surface area contributed by atoms with Crippen LogP contribution in [0.15, 0.2) is 41.9 Å². The van der Waals surface area contributed by atoms with Crippen molar-refractivity contribution in [3.63, 3.8) is 0 Å². The lowest BCUT2D eigenvalue weighted by molar-refractivity contribution is -0.221. The Kier molecular flexibility index (Phi) is 5.26. The van der Waals surface area contributed by atoms with Gasteiger partial charge < -0.3 is 33.7 Å². The topological polar surface area (TPSA) is 103 Å². The van der Waals surface area contributed by atoms with Crippen LogP contribution in [0.3, 0.4) is 0 Å². The second-order valence-corrected chi connectivity index (χ2v) is 9.18. The average molecular weight is 479 g/mol. The molecule has 1 aromatic carbocycles. The third-order valence-corrected chi connectivity index (χ3v) is 6.39. The first-order valence-corrected chi connectivity index (χ1v) is 10.8. The number of rotatable bonds is 4. The van der Waals surface area contributed by atoms with Crippen LogP contribution in [0.1, 0.15) is 32.6 Å². The second kappa shape index (κ2) is 7.78. The molecule has 3 aromatic rings. The Labute approximate surface area is 193 Å². The first-order valence-electron chi connectivity index (χ1n) is 10.4. The Hall–Kier alpha value is -2.50. The van der Waals surface area contributed by atoms with Gasteiger partial charge in [-0.1, -0.05) is 22.8 Å². The van der Waals surface area contributed by atoms with Gasteiger partial charge in [0.05, 0.1) is 16.7 Å². The van der Waals surface area contributed by atoms with Gasteiger partial charge in [0.1, 0.15) is 42.5 Å².